The van der Waals surface area contributed by atoms with E-state index in [1.165, 1.54) is 32.7 Å². The number of nitrogens with zero attached hydrogens (tertiary/aromatic N) is 4. The molecular weight excluding hydrogens is 657 g/mol. The molecule has 4 nitrogen and oxygen atoms in total. The highest BCUT2D eigenvalue weighted by atomic mass is 15.1. The van der Waals surface area contributed by atoms with Crippen LogP contribution in [-0.2, 0) is 10.8 Å². The molecule has 0 N–H and O–H groups in total. The summed E-state index contributed by atoms with van der Waals surface area (Å²) in [6, 6.07) is 55.4. The molecule has 0 saturated heterocycles. The predicted octanol–water partition coefficient (Wildman–Crippen LogP) is 13.9. The van der Waals surface area contributed by atoms with Crippen LogP contribution >= 0.6 is 0 Å². The van der Waals surface area contributed by atoms with Crippen molar-refractivity contribution in [3.05, 3.63) is 168 Å². The van der Waals surface area contributed by atoms with Crippen molar-refractivity contribution in [1.82, 2.24) is 0 Å². The minimum atomic E-state index is -0.168. The summed E-state index contributed by atoms with van der Waals surface area (Å²) in [6.45, 7) is 13.8. The summed E-state index contributed by atoms with van der Waals surface area (Å²) in [6.07, 6.45) is 0. The zero-order valence-corrected chi connectivity index (χ0v) is 31.6. The Labute approximate surface area is 318 Å². The molecular formula is C50H42N4. The van der Waals surface area contributed by atoms with Gasteiger partial charge < -0.3 is 9.80 Å². The number of hydrogen-bond donors (Lipinski definition) is 0. The van der Waals surface area contributed by atoms with Crippen molar-refractivity contribution in [3.63, 3.8) is 0 Å². The van der Waals surface area contributed by atoms with Gasteiger partial charge in [0.2, 0.25) is 0 Å². The van der Waals surface area contributed by atoms with Crippen LogP contribution in [0.1, 0.15) is 63.8 Å². The van der Waals surface area contributed by atoms with Crippen molar-refractivity contribution in [2.24, 2.45) is 0 Å². The number of hydrogen-bond acceptors (Lipinski definition) is 4. The van der Waals surface area contributed by atoms with Crippen LogP contribution in [0, 0.1) is 22.7 Å². The minimum Gasteiger partial charge on any atom is -0.310 e. The van der Waals surface area contributed by atoms with E-state index in [0.29, 0.717) is 11.1 Å². The van der Waals surface area contributed by atoms with Crippen LogP contribution in [0.3, 0.4) is 0 Å². The number of benzene rings is 8. The summed E-state index contributed by atoms with van der Waals surface area (Å²) >= 11 is 0. The van der Waals surface area contributed by atoms with Crippen LogP contribution in [0.4, 0.5) is 34.1 Å². The molecule has 0 heterocycles. The van der Waals surface area contributed by atoms with Gasteiger partial charge in [-0.3, -0.25) is 0 Å². The number of para-hydroxylation sites is 2. The summed E-state index contributed by atoms with van der Waals surface area (Å²) in [5.41, 5.74) is 9.71. The normalized spacial score (nSPS) is 11.9. The molecule has 0 aromatic heterocycles. The van der Waals surface area contributed by atoms with Crippen molar-refractivity contribution >= 4 is 66.4 Å². The Morgan fingerprint density at radius 3 is 1.02 bits per heavy atom. The fourth-order valence-corrected chi connectivity index (χ4v) is 7.95. The molecule has 0 aliphatic carbocycles. The number of nitriles is 2. The van der Waals surface area contributed by atoms with Gasteiger partial charge in [0, 0.05) is 33.5 Å². The maximum absolute atomic E-state index is 9.66. The van der Waals surface area contributed by atoms with Crippen molar-refractivity contribution in [2.75, 3.05) is 9.80 Å². The van der Waals surface area contributed by atoms with Crippen LogP contribution in [-0.4, -0.2) is 0 Å². The Kier molecular flexibility index (Phi) is 8.36. The zero-order valence-electron chi connectivity index (χ0n) is 31.6. The monoisotopic (exact) mass is 698 g/mol. The third-order valence-electron chi connectivity index (χ3n) is 10.5. The van der Waals surface area contributed by atoms with Gasteiger partial charge in [-0.15, -0.1) is 0 Å². The lowest BCUT2D eigenvalue weighted by Gasteiger charge is -2.33. The van der Waals surface area contributed by atoms with Gasteiger partial charge in [0.25, 0.3) is 0 Å². The first-order valence-electron chi connectivity index (χ1n) is 18.5. The molecule has 0 fully saturated rings. The third kappa shape index (κ3) is 5.87. The van der Waals surface area contributed by atoms with E-state index >= 15 is 0 Å². The van der Waals surface area contributed by atoms with Gasteiger partial charge in [-0.1, -0.05) is 102 Å². The maximum atomic E-state index is 9.66. The van der Waals surface area contributed by atoms with Gasteiger partial charge in [0.05, 0.1) is 34.6 Å². The second kappa shape index (κ2) is 13.1. The van der Waals surface area contributed by atoms with Gasteiger partial charge in [0.1, 0.15) is 0 Å². The van der Waals surface area contributed by atoms with Crippen LogP contribution in [0.15, 0.2) is 146 Å². The summed E-state index contributed by atoms with van der Waals surface area (Å²) in [7, 11) is 0. The summed E-state index contributed by atoms with van der Waals surface area (Å²) < 4.78 is 0. The van der Waals surface area contributed by atoms with E-state index in [4.69, 9.17) is 0 Å². The van der Waals surface area contributed by atoms with Crippen molar-refractivity contribution in [2.45, 2.75) is 52.4 Å². The average molecular weight is 699 g/mol. The van der Waals surface area contributed by atoms with Crippen LogP contribution in [0.5, 0.6) is 0 Å². The van der Waals surface area contributed by atoms with E-state index in [-0.39, 0.29) is 10.8 Å². The molecule has 0 spiro atoms. The van der Waals surface area contributed by atoms with Crippen LogP contribution in [0.25, 0.3) is 32.3 Å². The Hall–Kier alpha value is -6.62. The molecule has 0 radical (unpaired) electrons. The van der Waals surface area contributed by atoms with E-state index in [2.05, 4.69) is 148 Å². The van der Waals surface area contributed by atoms with Crippen molar-refractivity contribution < 1.29 is 0 Å². The quantitative estimate of drug-likeness (QED) is 0.162. The fraction of sp³-hybridized carbons (Fsp3) is 0.160. The van der Waals surface area contributed by atoms with Crippen LogP contribution in [0.2, 0.25) is 0 Å². The molecule has 0 aliphatic rings. The first-order chi connectivity index (χ1) is 26.0. The summed E-state index contributed by atoms with van der Waals surface area (Å²) in [5, 5.41) is 26.6. The predicted molar refractivity (Wildman–Crippen MR) is 226 cm³/mol. The SMILES string of the molecule is CC(C)(C)c1cc(N(c2ccccc2)c2ccc(C#N)cc2)c2ccc3c(C(C)(C)C)cc(N(c4ccccc4)c4ccc(C#N)cc4)c4ccc1c2c43. The molecule has 0 unspecified atom stereocenters. The molecule has 8 aromatic rings. The number of anilines is 6. The first-order valence-corrected chi connectivity index (χ1v) is 18.5. The van der Waals surface area contributed by atoms with E-state index in [1.54, 1.807) is 0 Å². The molecule has 0 amide bonds. The fourth-order valence-electron chi connectivity index (χ4n) is 7.95. The van der Waals surface area contributed by atoms with Gasteiger partial charge in [0.15, 0.2) is 0 Å². The third-order valence-corrected chi connectivity index (χ3v) is 10.5. The molecule has 8 rings (SSSR count). The summed E-state index contributed by atoms with van der Waals surface area (Å²) in [4.78, 5) is 4.67. The molecule has 0 saturated carbocycles. The molecule has 0 atom stereocenters. The molecule has 0 aliphatic heterocycles. The zero-order chi connectivity index (χ0) is 37.8. The molecule has 262 valence electrons. The van der Waals surface area contributed by atoms with Crippen LogP contribution < -0.4 is 9.80 Å². The highest BCUT2D eigenvalue weighted by Crippen LogP contribution is 2.51. The Morgan fingerprint density at radius 2 is 0.704 bits per heavy atom. The molecule has 8 aromatic carbocycles. The van der Waals surface area contributed by atoms with Crippen molar-refractivity contribution in [1.29, 1.82) is 10.5 Å². The molecule has 0 bridgehead atoms. The second-order valence-corrected chi connectivity index (χ2v) is 16.1. The smallest absolute Gasteiger partial charge is 0.0991 e. The van der Waals surface area contributed by atoms with E-state index in [0.717, 1.165) is 44.9 Å². The lowest BCUT2D eigenvalue weighted by atomic mass is 9.77. The van der Waals surface area contributed by atoms with Gasteiger partial charge >= 0.3 is 0 Å². The maximum Gasteiger partial charge on any atom is 0.0991 e. The van der Waals surface area contributed by atoms with E-state index in [9.17, 15) is 10.5 Å². The Morgan fingerprint density at radius 1 is 0.389 bits per heavy atom. The topological polar surface area (TPSA) is 54.1 Å². The average Bonchev–Trinajstić information content (AvgIpc) is 3.18. The van der Waals surface area contributed by atoms with Gasteiger partial charge in [-0.2, -0.15) is 10.5 Å². The number of rotatable bonds is 6. The lowest BCUT2D eigenvalue weighted by Crippen LogP contribution is -2.17. The minimum absolute atomic E-state index is 0.168. The van der Waals surface area contributed by atoms with Crippen molar-refractivity contribution in [3.8, 4) is 12.1 Å². The van der Waals surface area contributed by atoms with E-state index in [1.807, 2.05) is 60.7 Å². The molecule has 54 heavy (non-hydrogen) atoms. The highest BCUT2D eigenvalue weighted by Gasteiger charge is 2.29. The standard InChI is InChI=1S/C50H42N4/c1-49(2,3)43-29-45(53(35-13-9-7-10-14-35)37-21-17-33(31-51)18-22-37)41-28-26-40-44(50(4,5)6)30-46(42-27-25-39(43)47(41)48(40)42)54(36-15-11-8-12-16-36)38-23-19-34(32-52)20-24-38/h7-30H,1-6H3. The first kappa shape index (κ1) is 34.5. The summed E-state index contributed by atoms with van der Waals surface area (Å²) in [5.74, 6) is 0. The molecule has 4 heteroatoms. The van der Waals surface area contributed by atoms with Gasteiger partial charge in [-0.25, -0.2) is 0 Å². The second-order valence-electron chi connectivity index (χ2n) is 16.1. The lowest BCUT2D eigenvalue weighted by molar-refractivity contribution is 0.595. The highest BCUT2D eigenvalue weighted by molar-refractivity contribution is 6.29. The Bertz CT molecular complexity index is 2530. The van der Waals surface area contributed by atoms with Gasteiger partial charge in [-0.05, 0) is 128 Å². The Balaban J connectivity index is 1.54. The van der Waals surface area contributed by atoms with E-state index < -0.39 is 0 Å². The largest absolute Gasteiger partial charge is 0.310 e.